The number of carbonyl (C=O) groups is 1. The monoisotopic (exact) mass is 429 g/mol. The van der Waals surface area contributed by atoms with Gasteiger partial charge in [-0.25, -0.2) is 14.4 Å². The molecule has 0 aliphatic heterocycles. The molecule has 3 rings (SSSR count). The number of hydrogen-bond acceptors (Lipinski definition) is 7. The van der Waals surface area contributed by atoms with Crippen LogP contribution in [0.25, 0.3) is 5.57 Å². The van der Waals surface area contributed by atoms with Gasteiger partial charge in [-0.2, -0.15) is 0 Å². The lowest BCUT2D eigenvalue weighted by Crippen LogP contribution is -2.12. The molecular weight excluding hydrogens is 409 g/mol. The SMILES string of the molecule is CCC(C)/C(=C\C(=NC)c1nccs1)c1ncc(NC(=O)c2ccncc2F)s1. The van der Waals surface area contributed by atoms with Crippen LogP contribution in [-0.4, -0.2) is 33.6 Å². The molecule has 0 fully saturated rings. The highest BCUT2D eigenvalue weighted by molar-refractivity contribution is 7.17. The zero-order valence-corrected chi connectivity index (χ0v) is 17.9. The number of aliphatic imine (C=N–C) groups is 1. The van der Waals surface area contributed by atoms with E-state index in [2.05, 4.69) is 39.1 Å². The zero-order valence-electron chi connectivity index (χ0n) is 16.2. The first-order valence-electron chi connectivity index (χ1n) is 8.98. The molecule has 29 heavy (non-hydrogen) atoms. The number of rotatable bonds is 7. The van der Waals surface area contributed by atoms with Crippen LogP contribution in [0.3, 0.4) is 0 Å². The Morgan fingerprint density at radius 3 is 2.79 bits per heavy atom. The highest BCUT2D eigenvalue weighted by Crippen LogP contribution is 2.32. The standard InChI is InChI=1S/C20H20FN5OS2/c1-4-12(2)14(9-16(22-3)20-24-7-8-28-20)19-25-11-17(29-19)26-18(27)13-5-6-23-10-15(13)21/h5-12H,4H2,1-3H3,(H,26,27)/b14-9+,22-16?. The maximum Gasteiger partial charge on any atom is 0.259 e. The van der Waals surface area contributed by atoms with Crippen molar-refractivity contribution in [2.75, 3.05) is 12.4 Å². The predicted molar refractivity (Wildman–Crippen MR) is 116 cm³/mol. The number of nitrogens with zero attached hydrogens (tertiary/aromatic N) is 4. The van der Waals surface area contributed by atoms with Crippen molar-refractivity contribution < 1.29 is 9.18 Å². The van der Waals surface area contributed by atoms with Crippen LogP contribution in [0.4, 0.5) is 9.39 Å². The molecule has 3 aromatic heterocycles. The van der Waals surface area contributed by atoms with Crippen molar-refractivity contribution in [3.8, 4) is 0 Å². The fourth-order valence-electron chi connectivity index (χ4n) is 2.56. The smallest absolute Gasteiger partial charge is 0.259 e. The van der Waals surface area contributed by atoms with E-state index in [-0.39, 0.29) is 11.5 Å². The van der Waals surface area contributed by atoms with Crippen LogP contribution in [-0.2, 0) is 0 Å². The van der Waals surface area contributed by atoms with Gasteiger partial charge in [0, 0.05) is 24.8 Å². The summed E-state index contributed by atoms with van der Waals surface area (Å²) < 4.78 is 13.8. The van der Waals surface area contributed by atoms with Crippen LogP contribution in [0.2, 0.25) is 0 Å². The van der Waals surface area contributed by atoms with Crippen molar-refractivity contribution in [2.24, 2.45) is 10.9 Å². The fourth-order valence-corrected chi connectivity index (χ4v) is 4.14. The molecule has 150 valence electrons. The maximum absolute atomic E-state index is 13.8. The minimum atomic E-state index is -0.665. The number of hydrogen-bond donors (Lipinski definition) is 1. The second-order valence-electron chi connectivity index (χ2n) is 6.19. The summed E-state index contributed by atoms with van der Waals surface area (Å²) in [6.07, 6.45) is 8.64. The van der Waals surface area contributed by atoms with Gasteiger partial charge >= 0.3 is 0 Å². The average Bonchev–Trinajstić information content (AvgIpc) is 3.41. The Kier molecular flexibility index (Phi) is 6.95. The largest absolute Gasteiger partial charge is 0.312 e. The lowest BCUT2D eigenvalue weighted by atomic mass is 9.97. The van der Waals surface area contributed by atoms with Crippen molar-refractivity contribution in [1.29, 1.82) is 0 Å². The number of nitrogens with one attached hydrogen (secondary N) is 1. The van der Waals surface area contributed by atoms with Crippen LogP contribution in [0, 0.1) is 11.7 Å². The summed E-state index contributed by atoms with van der Waals surface area (Å²) in [5, 5.41) is 6.78. The van der Waals surface area contributed by atoms with E-state index in [4.69, 9.17) is 0 Å². The van der Waals surface area contributed by atoms with Gasteiger partial charge in [-0.15, -0.1) is 11.3 Å². The third-order valence-electron chi connectivity index (χ3n) is 4.33. The quantitative estimate of drug-likeness (QED) is 0.540. The van der Waals surface area contributed by atoms with Gasteiger partial charge in [0.05, 0.1) is 23.7 Å². The van der Waals surface area contributed by atoms with Gasteiger partial charge in [0.1, 0.15) is 15.0 Å². The van der Waals surface area contributed by atoms with Crippen molar-refractivity contribution in [2.45, 2.75) is 20.3 Å². The number of allylic oxidation sites excluding steroid dienone is 2. The van der Waals surface area contributed by atoms with Crippen LogP contribution in [0.5, 0.6) is 0 Å². The third-order valence-corrected chi connectivity index (χ3v) is 6.09. The highest BCUT2D eigenvalue weighted by atomic mass is 32.1. The van der Waals surface area contributed by atoms with E-state index in [9.17, 15) is 9.18 Å². The number of carbonyl (C=O) groups excluding carboxylic acids is 1. The van der Waals surface area contributed by atoms with E-state index in [1.54, 1.807) is 19.4 Å². The Bertz CT molecular complexity index is 1040. The van der Waals surface area contributed by atoms with Gasteiger partial charge in [-0.1, -0.05) is 25.2 Å². The zero-order chi connectivity index (χ0) is 20.8. The Balaban J connectivity index is 1.87. The van der Waals surface area contributed by atoms with E-state index >= 15 is 0 Å². The molecule has 0 spiro atoms. The Morgan fingerprint density at radius 2 is 2.14 bits per heavy atom. The van der Waals surface area contributed by atoms with Gasteiger partial charge in [0.2, 0.25) is 0 Å². The minimum absolute atomic E-state index is 0.0585. The fraction of sp³-hybridized carbons (Fsp3) is 0.250. The normalized spacial score (nSPS) is 13.4. The highest BCUT2D eigenvalue weighted by Gasteiger charge is 2.18. The van der Waals surface area contributed by atoms with Crippen LogP contribution in [0.15, 0.2) is 47.3 Å². The van der Waals surface area contributed by atoms with Gasteiger partial charge in [0.15, 0.2) is 5.82 Å². The maximum atomic E-state index is 13.8. The number of anilines is 1. The number of thiazole rings is 2. The summed E-state index contributed by atoms with van der Waals surface area (Å²) in [5.41, 5.74) is 1.75. The second-order valence-corrected chi connectivity index (χ2v) is 8.12. The van der Waals surface area contributed by atoms with Crippen molar-refractivity contribution in [3.05, 3.63) is 63.7 Å². The average molecular weight is 430 g/mol. The molecule has 3 heterocycles. The van der Waals surface area contributed by atoms with E-state index in [1.165, 1.54) is 34.9 Å². The first-order chi connectivity index (χ1) is 14.0. The molecule has 0 aliphatic rings. The van der Waals surface area contributed by atoms with E-state index in [0.717, 1.165) is 33.9 Å². The molecule has 1 amide bonds. The second kappa shape index (κ2) is 9.62. The lowest BCUT2D eigenvalue weighted by molar-refractivity contribution is 0.102. The molecule has 0 aliphatic carbocycles. The van der Waals surface area contributed by atoms with Gasteiger partial charge in [-0.05, 0) is 30.1 Å². The Labute approximate surface area is 176 Å². The molecule has 0 radical (unpaired) electrons. The third kappa shape index (κ3) is 4.99. The van der Waals surface area contributed by atoms with E-state index in [0.29, 0.717) is 5.00 Å². The molecule has 0 saturated heterocycles. The lowest BCUT2D eigenvalue weighted by Gasteiger charge is -2.12. The number of pyridine rings is 1. The molecule has 0 bridgehead atoms. The molecule has 9 heteroatoms. The molecule has 0 saturated carbocycles. The van der Waals surface area contributed by atoms with Crippen molar-refractivity contribution in [3.63, 3.8) is 0 Å². The topological polar surface area (TPSA) is 80.1 Å². The molecular formula is C20H20FN5OS2. The van der Waals surface area contributed by atoms with E-state index in [1.807, 2.05) is 11.5 Å². The van der Waals surface area contributed by atoms with Gasteiger partial charge < -0.3 is 5.32 Å². The first kappa shape index (κ1) is 20.9. The van der Waals surface area contributed by atoms with E-state index < -0.39 is 11.7 Å². The van der Waals surface area contributed by atoms with Crippen LogP contribution in [0.1, 0.15) is 40.6 Å². The summed E-state index contributed by atoms with van der Waals surface area (Å²) in [6.45, 7) is 4.22. The van der Waals surface area contributed by atoms with Gasteiger partial charge in [0.25, 0.3) is 5.91 Å². The Hall–Kier alpha value is -2.78. The summed E-state index contributed by atoms with van der Waals surface area (Å²) in [7, 11) is 1.73. The molecule has 1 unspecified atom stereocenters. The number of halogens is 1. The van der Waals surface area contributed by atoms with Crippen molar-refractivity contribution in [1.82, 2.24) is 15.0 Å². The molecule has 3 aromatic rings. The number of amides is 1. The molecule has 0 aromatic carbocycles. The summed E-state index contributed by atoms with van der Waals surface area (Å²) in [5.74, 6) is -0.964. The van der Waals surface area contributed by atoms with Crippen molar-refractivity contribution >= 4 is 44.9 Å². The molecule has 1 atom stereocenters. The summed E-state index contributed by atoms with van der Waals surface area (Å²) in [4.78, 5) is 29.2. The molecule has 6 nitrogen and oxygen atoms in total. The minimum Gasteiger partial charge on any atom is -0.312 e. The summed E-state index contributed by atoms with van der Waals surface area (Å²) >= 11 is 2.87. The number of aromatic nitrogens is 3. The first-order valence-corrected chi connectivity index (χ1v) is 10.7. The van der Waals surface area contributed by atoms with Crippen LogP contribution < -0.4 is 5.32 Å². The Morgan fingerprint density at radius 1 is 1.31 bits per heavy atom. The predicted octanol–water partition coefficient (Wildman–Crippen LogP) is 4.93. The summed E-state index contributed by atoms with van der Waals surface area (Å²) in [6, 6.07) is 1.34. The molecule has 1 N–H and O–H groups in total. The van der Waals surface area contributed by atoms with Crippen LogP contribution >= 0.6 is 22.7 Å². The van der Waals surface area contributed by atoms with Gasteiger partial charge in [-0.3, -0.25) is 14.8 Å².